The fourth-order valence-corrected chi connectivity index (χ4v) is 2.87. The van der Waals surface area contributed by atoms with Gasteiger partial charge in [-0.15, -0.1) is 0 Å². The Morgan fingerprint density at radius 2 is 2.07 bits per heavy atom. The Labute approximate surface area is 175 Å². The molecule has 2 aromatic carbocycles. The third-order valence-corrected chi connectivity index (χ3v) is 4.29. The SMILES string of the molecule is O=C(COC(=O)/C=C/c1ccc2c(c1)OCO2)Nc1cc(Cl)ccc1-n1cncn1. The van der Waals surface area contributed by atoms with Crippen molar-refractivity contribution in [3.8, 4) is 17.2 Å². The van der Waals surface area contributed by atoms with Gasteiger partial charge < -0.3 is 19.5 Å². The summed E-state index contributed by atoms with van der Waals surface area (Å²) in [7, 11) is 0. The molecule has 152 valence electrons. The number of carbonyl (C=O) groups is 2. The van der Waals surface area contributed by atoms with E-state index in [0.717, 1.165) is 5.56 Å². The van der Waals surface area contributed by atoms with Crippen molar-refractivity contribution in [2.75, 3.05) is 18.7 Å². The van der Waals surface area contributed by atoms with Gasteiger partial charge in [0.25, 0.3) is 5.91 Å². The molecule has 0 bridgehead atoms. The first kappa shape index (κ1) is 19.5. The predicted octanol–water partition coefficient (Wildman–Crippen LogP) is 2.84. The van der Waals surface area contributed by atoms with E-state index in [9.17, 15) is 9.59 Å². The summed E-state index contributed by atoms with van der Waals surface area (Å²) >= 11 is 6.02. The smallest absolute Gasteiger partial charge is 0.331 e. The highest BCUT2D eigenvalue weighted by atomic mass is 35.5. The first-order valence-electron chi connectivity index (χ1n) is 8.77. The molecule has 2 heterocycles. The zero-order valence-corrected chi connectivity index (χ0v) is 16.2. The van der Waals surface area contributed by atoms with E-state index in [1.165, 1.54) is 23.4 Å². The highest BCUT2D eigenvalue weighted by Crippen LogP contribution is 2.32. The highest BCUT2D eigenvalue weighted by Gasteiger charge is 2.13. The topological polar surface area (TPSA) is 105 Å². The quantitative estimate of drug-likeness (QED) is 0.477. The summed E-state index contributed by atoms with van der Waals surface area (Å²) in [6.07, 6.45) is 5.64. The first-order chi connectivity index (χ1) is 14.6. The number of carbonyl (C=O) groups excluding carboxylic acids is 2. The van der Waals surface area contributed by atoms with Gasteiger partial charge in [0.15, 0.2) is 18.1 Å². The van der Waals surface area contributed by atoms with E-state index >= 15 is 0 Å². The number of halogens is 1. The van der Waals surface area contributed by atoms with Crippen molar-refractivity contribution in [1.82, 2.24) is 14.8 Å². The number of nitrogens with zero attached hydrogens (tertiary/aromatic N) is 3. The van der Waals surface area contributed by atoms with E-state index < -0.39 is 18.5 Å². The lowest BCUT2D eigenvalue weighted by Crippen LogP contribution is -2.21. The summed E-state index contributed by atoms with van der Waals surface area (Å²) in [5.74, 6) is 0.0705. The third-order valence-electron chi connectivity index (χ3n) is 4.05. The van der Waals surface area contributed by atoms with Gasteiger partial charge in [-0.2, -0.15) is 5.10 Å². The van der Waals surface area contributed by atoms with Crippen LogP contribution in [0, 0.1) is 0 Å². The molecule has 0 aliphatic carbocycles. The minimum absolute atomic E-state index is 0.172. The van der Waals surface area contributed by atoms with Gasteiger partial charge >= 0.3 is 5.97 Å². The number of amides is 1. The molecule has 1 aliphatic rings. The molecule has 4 rings (SSSR count). The van der Waals surface area contributed by atoms with Gasteiger partial charge in [-0.1, -0.05) is 17.7 Å². The van der Waals surface area contributed by atoms with Crippen LogP contribution in [0.25, 0.3) is 11.8 Å². The molecule has 0 unspecified atom stereocenters. The van der Waals surface area contributed by atoms with Crippen molar-refractivity contribution in [3.05, 3.63) is 65.7 Å². The molecule has 1 aromatic heterocycles. The van der Waals surface area contributed by atoms with Crippen LogP contribution in [0.5, 0.6) is 11.5 Å². The zero-order valence-electron chi connectivity index (χ0n) is 15.4. The van der Waals surface area contributed by atoms with E-state index in [1.54, 1.807) is 42.5 Å². The van der Waals surface area contributed by atoms with Crippen molar-refractivity contribution < 1.29 is 23.8 Å². The molecular formula is C20H15ClN4O5. The van der Waals surface area contributed by atoms with E-state index in [1.807, 2.05) is 0 Å². The largest absolute Gasteiger partial charge is 0.454 e. The van der Waals surface area contributed by atoms with Crippen LogP contribution in [0.1, 0.15) is 5.56 Å². The van der Waals surface area contributed by atoms with Crippen LogP contribution in [0.15, 0.2) is 55.1 Å². The van der Waals surface area contributed by atoms with Gasteiger partial charge in [-0.25, -0.2) is 14.5 Å². The number of hydrogen-bond acceptors (Lipinski definition) is 7. The van der Waals surface area contributed by atoms with Crippen molar-refractivity contribution in [1.29, 1.82) is 0 Å². The molecular weight excluding hydrogens is 412 g/mol. The van der Waals surface area contributed by atoms with Gasteiger partial charge in [0.2, 0.25) is 6.79 Å². The molecule has 30 heavy (non-hydrogen) atoms. The van der Waals surface area contributed by atoms with Gasteiger partial charge in [-0.3, -0.25) is 4.79 Å². The van der Waals surface area contributed by atoms with Gasteiger partial charge in [0, 0.05) is 11.1 Å². The number of fused-ring (bicyclic) bond motifs is 1. The minimum atomic E-state index is -0.662. The monoisotopic (exact) mass is 426 g/mol. The van der Waals surface area contributed by atoms with Crippen LogP contribution >= 0.6 is 11.6 Å². The molecule has 0 fully saturated rings. The lowest BCUT2D eigenvalue weighted by Gasteiger charge is -2.11. The maximum atomic E-state index is 12.2. The molecule has 3 aromatic rings. The average Bonchev–Trinajstić information content (AvgIpc) is 3.42. The Kier molecular flexibility index (Phi) is 5.62. The summed E-state index contributed by atoms with van der Waals surface area (Å²) < 4.78 is 17.0. The number of esters is 1. The summed E-state index contributed by atoms with van der Waals surface area (Å²) in [5.41, 5.74) is 1.71. The molecule has 0 saturated carbocycles. The van der Waals surface area contributed by atoms with Crippen molar-refractivity contribution in [2.45, 2.75) is 0 Å². The zero-order chi connectivity index (χ0) is 20.9. The molecule has 0 saturated heterocycles. The van der Waals surface area contributed by atoms with Crippen molar-refractivity contribution in [3.63, 3.8) is 0 Å². The van der Waals surface area contributed by atoms with Gasteiger partial charge in [0.05, 0.1) is 11.4 Å². The maximum Gasteiger partial charge on any atom is 0.331 e. The highest BCUT2D eigenvalue weighted by molar-refractivity contribution is 6.31. The normalized spacial score (nSPS) is 12.2. The van der Waals surface area contributed by atoms with E-state index in [-0.39, 0.29) is 6.79 Å². The molecule has 1 aliphatic heterocycles. The fraction of sp³-hybridized carbons (Fsp3) is 0.100. The summed E-state index contributed by atoms with van der Waals surface area (Å²) in [6, 6.07) is 10.2. The summed E-state index contributed by atoms with van der Waals surface area (Å²) in [4.78, 5) is 28.0. The fourth-order valence-electron chi connectivity index (χ4n) is 2.69. The molecule has 0 atom stereocenters. The Balaban J connectivity index is 1.34. The lowest BCUT2D eigenvalue weighted by atomic mass is 10.2. The molecule has 9 nitrogen and oxygen atoms in total. The Bertz CT molecular complexity index is 1110. The number of rotatable bonds is 6. The number of benzene rings is 2. The molecule has 1 amide bonds. The van der Waals surface area contributed by atoms with Crippen molar-refractivity contribution >= 4 is 35.2 Å². The van der Waals surface area contributed by atoms with Gasteiger partial charge in [-0.05, 0) is 42.0 Å². The number of aromatic nitrogens is 3. The Hall–Kier alpha value is -3.85. The van der Waals surface area contributed by atoms with E-state index in [4.69, 9.17) is 25.8 Å². The number of anilines is 1. The predicted molar refractivity (Wildman–Crippen MR) is 108 cm³/mol. The molecule has 1 N–H and O–H groups in total. The maximum absolute atomic E-state index is 12.2. The molecule has 10 heteroatoms. The van der Waals surface area contributed by atoms with Crippen LogP contribution in [-0.2, 0) is 14.3 Å². The van der Waals surface area contributed by atoms with Crippen molar-refractivity contribution in [2.24, 2.45) is 0 Å². The minimum Gasteiger partial charge on any atom is -0.454 e. The van der Waals surface area contributed by atoms with Crippen LogP contribution in [0.2, 0.25) is 5.02 Å². The Morgan fingerprint density at radius 1 is 1.20 bits per heavy atom. The number of nitrogens with one attached hydrogen (secondary N) is 1. The third kappa shape index (κ3) is 4.58. The first-order valence-corrected chi connectivity index (χ1v) is 9.15. The Morgan fingerprint density at radius 3 is 2.90 bits per heavy atom. The number of ether oxygens (including phenoxy) is 3. The standard InChI is InChI=1S/C20H15ClN4O5/c21-14-3-4-16(25-11-22-10-23-25)15(8-14)24-19(26)9-28-20(27)6-2-13-1-5-17-18(7-13)30-12-29-17/h1-8,10-11H,9,12H2,(H,24,26)/b6-2+. The van der Waals surface area contributed by atoms with E-state index in [2.05, 4.69) is 15.4 Å². The second-order valence-corrected chi connectivity index (χ2v) is 6.54. The van der Waals surface area contributed by atoms with Crippen LogP contribution in [-0.4, -0.2) is 40.0 Å². The summed E-state index contributed by atoms with van der Waals surface area (Å²) in [6.45, 7) is -0.293. The molecule has 0 radical (unpaired) electrons. The molecule has 0 spiro atoms. The van der Waals surface area contributed by atoms with E-state index in [0.29, 0.717) is 27.9 Å². The van der Waals surface area contributed by atoms with Gasteiger partial charge in [0.1, 0.15) is 12.7 Å². The van der Waals surface area contributed by atoms with Crippen LogP contribution < -0.4 is 14.8 Å². The summed E-state index contributed by atoms with van der Waals surface area (Å²) in [5, 5.41) is 7.11. The lowest BCUT2D eigenvalue weighted by molar-refractivity contribution is -0.142. The van der Waals surface area contributed by atoms with Crippen LogP contribution in [0.4, 0.5) is 5.69 Å². The number of hydrogen-bond donors (Lipinski definition) is 1. The average molecular weight is 427 g/mol. The second kappa shape index (κ2) is 8.66. The van der Waals surface area contributed by atoms with Crippen LogP contribution in [0.3, 0.4) is 0 Å². The second-order valence-electron chi connectivity index (χ2n) is 6.10.